The lowest BCUT2D eigenvalue weighted by Gasteiger charge is -2.12. The molecule has 0 saturated heterocycles. The van der Waals surface area contributed by atoms with Gasteiger partial charge >= 0.3 is 0 Å². The highest BCUT2D eigenvalue weighted by Crippen LogP contribution is 2.30. The fourth-order valence-corrected chi connectivity index (χ4v) is 2.38. The van der Waals surface area contributed by atoms with Gasteiger partial charge < -0.3 is 37.3 Å². The van der Waals surface area contributed by atoms with Gasteiger partial charge in [0, 0.05) is 6.04 Å². The van der Waals surface area contributed by atoms with Crippen LogP contribution in [0.4, 0.5) is 23.0 Å². The van der Waals surface area contributed by atoms with Crippen molar-refractivity contribution in [3.8, 4) is 5.75 Å². The summed E-state index contributed by atoms with van der Waals surface area (Å²) in [7, 11) is 1.95. The molecule has 37 heavy (non-hydrogen) atoms. The Kier molecular flexibility index (Phi) is 18.6. The SMILES string of the molecule is CC.CNC(C)C.NCCCCC(N)C(=O)Nc1ccc(N=Nc2ccccc2OCOC=O)c(N)n1. The number of hydrogen-bond acceptors (Lipinski definition) is 11. The van der Waals surface area contributed by atoms with Crippen LogP contribution in [0.25, 0.3) is 0 Å². The Hall–Kier alpha value is -3.61. The predicted molar refractivity (Wildman–Crippen MR) is 147 cm³/mol. The Balaban J connectivity index is 0.00000165. The summed E-state index contributed by atoms with van der Waals surface area (Å²) in [6, 6.07) is 9.91. The molecule has 0 aliphatic rings. The lowest BCUT2D eigenvalue weighted by molar-refractivity contribution is -0.134. The standard InChI is InChI=1S/C19H25N7O4.C4H11N.C2H6/c20-10-4-3-5-13(21)19(28)24-17-9-8-15(18(22)23-17)26-25-14-6-1-2-7-16(14)30-12-29-11-27;1-4(2)5-3;1-2/h1-2,6-9,11,13H,3-5,10,12,20-21H2,(H3,22,23,24,28);4-5H,1-3H3;1-2H3. The third-order valence-electron chi connectivity index (χ3n) is 4.52. The van der Waals surface area contributed by atoms with Crippen molar-refractivity contribution in [3.05, 3.63) is 36.4 Å². The number of nitrogens with one attached hydrogen (secondary N) is 2. The third-order valence-corrected chi connectivity index (χ3v) is 4.52. The van der Waals surface area contributed by atoms with Gasteiger partial charge in [-0.3, -0.25) is 9.59 Å². The summed E-state index contributed by atoms with van der Waals surface area (Å²) < 4.78 is 9.81. The van der Waals surface area contributed by atoms with Gasteiger partial charge in [0.2, 0.25) is 12.7 Å². The maximum atomic E-state index is 12.1. The zero-order valence-corrected chi connectivity index (χ0v) is 22.4. The number of pyridine rings is 1. The molecule has 12 nitrogen and oxygen atoms in total. The van der Waals surface area contributed by atoms with E-state index < -0.39 is 6.04 Å². The molecule has 1 heterocycles. The van der Waals surface area contributed by atoms with Crippen LogP contribution < -0.4 is 32.6 Å². The van der Waals surface area contributed by atoms with Crippen LogP contribution in [-0.4, -0.2) is 49.8 Å². The molecule has 1 aromatic heterocycles. The molecule has 206 valence electrons. The topological polar surface area (TPSA) is 192 Å². The van der Waals surface area contributed by atoms with Gasteiger partial charge in [-0.1, -0.05) is 46.2 Å². The lowest BCUT2D eigenvalue weighted by atomic mass is 10.1. The molecule has 2 rings (SSSR count). The van der Waals surface area contributed by atoms with Crippen molar-refractivity contribution in [2.75, 3.05) is 31.4 Å². The maximum absolute atomic E-state index is 12.1. The number of unbranched alkanes of at least 4 members (excludes halogenated alkanes) is 1. The minimum absolute atomic E-state index is 0.0796. The Morgan fingerprint density at radius 2 is 1.76 bits per heavy atom. The van der Waals surface area contributed by atoms with Gasteiger partial charge in [0.25, 0.3) is 6.47 Å². The number of hydrogen-bond donors (Lipinski definition) is 5. The Morgan fingerprint density at radius 3 is 2.35 bits per heavy atom. The summed E-state index contributed by atoms with van der Waals surface area (Å²) in [5.74, 6) is 0.371. The van der Waals surface area contributed by atoms with Crippen LogP contribution in [0.5, 0.6) is 5.75 Å². The first-order chi connectivity index (χ1) is 17.8. The van der Waals surface area contributed by atoms with Crippen molar-refractivity contribution >= 4 is 35.4 Å². The summed E-state index contributed by atoms with van der Waals surface area (Å²) in [6.45, 7) is 8.82. The van der Waals surface area contributed by atoms with E-state index in [0.717, 1.165) is 12.8 Å². The minimum atomic E-state index is -0.654. The number of carbonyl (C=O) groups excluding carboxylic acids is 2. The molecule has 0 radical (unpaired) electrons. The van der Waals surface area contributed by atoms with E-state index in [1.807, 2.05) is 20.9 Å². The van der Waals surface area contributed by atoms with Gasteiger partial charge in [-0.2, -0.15) is 0 Å². The molecule has 1 atom stereocenters. The van der Waals surface area contributed by atoms with Crippen molar-refractivity contribution in [3.63, 3.8) is 0 Å². The van der Waals surface area contributed by atoms with Gasteiger partial charge in [0.1, 0.15) is 17.2 Å². The maximum Gasteiger partial charge on any atom is 0.295 e. The molecule has 0 bridgehead atoms. The van der Waals surface area contributed by atoms with Gasteiger partial charge in [-0.05, 0) is 50.7 Å². The Labute approximate surface area is 219 Å². The number of anilines is 2. The number of amides is 1. The number of para-hydroxylation sites is 1. The monoisotopic (exact) mass is 518 g/mol. The zero-order chi connectivity index (χ0) is 28.1. The van der Waals surface area contributed by atoms with E-state index in [4.69, 9.17) is 21.9 Å². The summed E-state index contributed by atoms with van der Waals surface area (Å²) in [4.78, 5) is 26.5. The molecule has 1 amide bonds. The number of nitrogens with zero attached hydrogens (tertiary/aromatic N) is 3. The molecule has 0 saturated carbocycles. The largest absolute Gasteiger partial charge is 0.455 e. The van der Waals surface area contributed by atoms with Crippen molar-refractivity contribution in [2.24, 2.45) is 21.7 Å². The first kappa shape index (κ1) is 33.4. The van der Waals surface area contributed by atoms with Crippen molar-refractivity contribution in [1.82, 2.24) is 10.3 Å². The van der Waals surface area contributed by atoms with E-state index in [2.05, 4.69) is 44.4 Å². The Morgan fingerprint density at radius 1 is 1.11 bits per heavy atom. The molecule has 0 spiro atoms. The average molecular weight is 519 g/mol. The van der Waals surface area contributed by atoms with Gasteiger partial charge in [-0.25, -0.2) is 4.98 Å². The molecule has 0 fully saturated rings. The molecule has 1 unspecified atom stereocenters. The van der Waals surface area contributed by atoms with Crippen molar-refractivity contribution in [2.45, 2.75) is 59.0 Å². The number of nitrogens with two attached hydrogens (primary N) is 3. The van der Waals surface area contributed by atoms with E-state index in [1.165, 1.54) is 0 Å². The molecule has 0 aliphatic carbocycles. The highest BCUT2D eigenvalue weighted by Gasteiger charge is 2.14. The number of ether oxygens (including phenoxy) is 2. The van der Waals surface area contributed by atoms with Crippen LogP contribution in [0.15, 0.2) is 46.6 Å². The first-order valence-electron chi connectivity index (χ1n) is 12.2. The smallest absolute Gasteiger partial charge is 0.295 e. The second kappa shape index (κ2) is 20.6. The second-order valence-corrected chi connectivity index (χ2v) is 7.62. The normalized spacial score (nSPS) is 11.0. The quantitative estimate of drug-likeness (QED) is 0.114. The first-order valence-corrected chi connectivity index (χ1v) is 12.2. The summed E-state index contributed by atoms with van der Waals surface area (Å²) in [5.41, 5.74) is 17.9. The number of carbonyl (C=O) groups is 2. The molecule has 8 N–H and O–H groups in total. The Bertz CT molecular complexity index is 941. The molecule has 1 aromatic carbocycles. The fraction of sp³-hybridized carbons (Fsp3) is 0.480. The van der Waals surface area contributed by atoms with Gasteiger partial charge in [-0.15, -0.1) is 10.2 Å². The number of benzene rings is 1. The highest BCUT2D eigenvalue weighted by atomic mass is 16.7. The summed E-state index contributed by atoms with van der Waals surface area (Å²) in [6.07, 6.45) is 2.11. The summed E-state index contributed by atoms with van der Waals surface area (Å²) >= 11 is 0. The molecular formula is C25H42N8O4. The second-order valence-electron chi connectivity index (χ2n) is 7.62. The van der Waals surface area contributed by atoms with E-state index in [1.54, 1.807) is 36.4 Å². The van der Waals surface area contributed by atoms with Crippen LogP contribution in [0.1, 0.15) is 47.0 Å². The van der Waals surface area contributed by atoms with Crippen molar-refractivity contribution < 1.29 is 19.1 Å². The van der Waals surface area contributed by atoms with Crippen LogP contribution in [0.3, 0.4) is 0 Å². The van der Waals surface area contributed by atoms with Gasteiger partial charge in [0.15, 0.2) is 11.6 Å². The van der Waals surface area contributed by atoms with E-state index in [0.29, 0.717) is 36.1 Å². The predicted octanol–water partition coefficient (Wildman–Crippen LogP) is 3.62. The lowest BCUT2D eigenvalue weighted by Crippen LogP contribution is -2.35. The van der Waals surface area contributed by atoms with Crippen LogP contribution in [0, 0.1) is 0 Å². The van der Waals surface area contributed by atoms with Crippen LogP contribution in [-0.2, 0) is 14.3 Å². The van der Waals surface area contributed by atoms with E-state index in [-0.39, 0.29) is 30.8 Å². The fourth-order valence-electron chi connectivity index (χ4n) is 2.38. The van der Waals surface area contributed by atoms with Crippen molar-refractivity contribution in [1.29, 1.82) is 0 Å². The highest BCUT2D eigenvalue weighted by molar-refractivity contribution is 5.94. The molecule has 0 aliphatic heterocycles. The minimum Gasteiger partial charge on any atom is -0.455 e. The number of nitrogen functional groups attached to an aromatic ring is 1. The third kappa shape index (κ3) is 14.5. The number of rotatable bonds is 13. The molecule has 12 heteroatoms. The van der Waals surface area contributed by atoms with E-state index >= 15 is 0 Å². The number of azo groups is 1. The van der Waals surface area contributed by atoms with E-state index in [9.17, 15) is 9.59 Å². The molecular weight excluding hydrogens is 476 g/mol. The number of aromatic nitrogens is 1. The molecule has 2 aromatic rings. The zero-order valence-electron chi connectivity index (χ0n) is 22.4. The average Bonchev–Trinajstić information content (AvgIpc) is 2.90. The van der Waals surface area contributed by atoms with Gasteiger partial charge in [0.05, 0.1) is 6.04 Å². The summed E-state index contributed by atoms with van der Waals surface area (Å²) in [5, 5.41) is 13.8. The van der Waals surface area contributed by atoms with Crippen LogP contribution in [0.2, 0.25) is 0 Å². The van der Waals surface area contributed by atoms with Crippen LogP contribution >= 0.6 is 0 Å².